The molecule has 5 nitrogen and oxygen atoms in total. The molecule has 0 bridgehead atoms. The first kappa shape index (κ1) is 19.0. The van der Waals surface area contributed by atoms with Gasteiger partial charge in [0.15, 0.2) is 11.5 Å². The number of anilines is 1. The second kappa shape index (κ2) is 8.37. The number of ether oxygens (including phenoxy) is 2. The Bertz CT molecular complexity index is 877. The van der Waals surface area contributed by atoms with Gasteiger partial charge < -0.3 is 14.8 Å². The number of nitrogens with zero attached hydrogens (tertiary/aromatic N) is 1. The third-order valence-corrected chi connectivity index (χ3v) is 5.36. The highest BCUT2D eigenvalue weighted by atomic mass is 35.5. The molecule has 1 amide bonds. The van der Waals surface area contributed by atoms with E-state index in [4.69, 9.17) is 21.1 Å². The Kier molecular flexibility index (Phi) is 5.69. The first-order valence-corrected chi connectivity index (χ1v) is 9.86. The van der Waals surface area contributed by atoms with Gasteiger partial charge in [0.1, 0.15) is 5.82 Å². The van der Waals surface area contributed by atoms with E-state index in [0.717, 1.165) is 42.9 Å². The second-order valence-corrected chi connectivity index (χ2v) is 7.47. The lowest BCUT2D eigenvalue weighted by atomic mass is 10.0. The van der Waals surface area contributed by atoms with Gasteiger partial charge in [0.2, 0.25) is 5.91 Å². The number of carbonyl (C=O) groups is 1. The fourth-order valence-corrected chi connectivity index (χ4v) is 3.92. The number of likely N-dealkylation sites (tertiary alicyclic amines) is 1. The Balaban J connectivity index is 1.44. The average Bonchev–Trinajstić information content (AvgIpc) is 3.00. The van der Waals surface area contributed by atoms with Gasteiger partial charge in [-0.25, -0.2) is 4.39 Å². The summed E-state index contributed by atoms with van der Waals surface area (Å²) in [6.07, 6.45) is 2.87. The van der Waals surface area contributed by atoms with Gasteiger partial charge in [-0.1, -0.05) is 17.7 Å². The maximum absolute atomic E-state index is 13.3. The van der Waals surface area contributed by atoms with Crippen LogP contribution in [0.2, 0.25) is 5.02 Å². The van der Waals surface area contributed by atoms with Crippen LogP contribution in [-0.4, -0.2) is 37.1 Å². The van der Waals surface area contributed by atoms with Crippen molar-refractivity contribution in [2.45, 2.75) is 25.3 Å². The van der Waals surface area contributed by atoms with Crippen molar-refractivity contribution in [3.8, 4) is 11.5 Å². The highest BCUT2D eigenvalue weighted by molar-refractivity contribution is 6.31. The SMILES string of the molecule is O=C(CN1CCCC1c1ccc2c(c1)OCCCO2)Nc1ccc(F)c(Cl)c1. The normalized spacial score (nSPS) is 19.3. The summed E-state index contributed by atoms with van der Waals surface area (Å²) in [5.41, 5.74) is 1.61. The summed E-state index contributed by atoms with van der Waals surface area (Å²) >= 11 is 5.78. The van der Waals surface area contributed by atoms with Gasteiger partial charge in [-0.2, -0.15) is 0 Å². The largest absolute Gasteiger partial charge is 0.490 e. The van der Waals surface area contributed by atoms with Gasteiger partial charge in [-0.05, 0) is 55.3 Å². The van der Waals surface area contributed by atoms with Gasteiger partial charge in [0.05, 0.1) is 24.8 Å². The summed E-state index contributed by atoms with van der Waals surface area (Å²) in [6.45, 7) is 2.41. The number of hydrogen-bond donors (Lipinski definition) is 1. The van der Waals surface area contributed by atoms with E-state index in [1.54, 1.807) is 0 Å². The lowest BCUT2D eigenvalue weighted by molar-refractivity contribution is -0.117. The average molecular weight is 405 g/mol. The minimum absolute atomic E-state index is 0.0101. The number of rotatable bonds is 4. The number of benzene rings is 2. The van der Waals surface area contributed by atoms with Crippen LogP contribution in [0, 0.1) is 5.82 Å². The Labute approximate surface area is 168 Å². The molecule has 4 rings (SSSR count). The predicted octanol–water partition coefficient (Wildman–Crippen LogP) is 4.42. The van der Waals surface area contributed by atoms with Crippen molar-refractivity contribution in [2.75, 3.05) is 31.6 Å². The molecule has 2 aliphatic heterocycles. The summed E-state index contributed by atoms with van der Waals surface area (Å²) in [7, 11) is 0. The minimum atomic E-state index is -0.506. The highest BCUT2D eigenvalue weighted by Gasteiger charge is 2.28. The number of nitrogens with one attached hydrogen (secondary N) is 1. The summed E-state index contributed by atoms with van der Waals surface area (Å²) in [6, 6.07) is 10.3. The molecule has 0 spiro atoms. The molecule has 0 aliphatic carbocycles. The van der Waals surface area contributed by atoms with Crippen molar-refractivity contribution >= 4 is 23.2 Å². The molecular formula is C21H22ClFN2O3. The van der Waals surface area contributed by atoms with E-state index >= 15 is 0 Å². The molecule has 0 aromatic heterocycles. The molecule has 0 radical (unpaired) electrons. The van der Waals surface area contributed by atoms with Crippen molar-refractivity contribution in [1.29, 1.82) is 0 Å². The monoisotopic (exact) mass is 404 g/mol. The first-order valence-electron chi connectivity index (χ1n) is 9.48. The van der Waals surface area contributed by atoms with E-state index in [2.05, 4.69) is 10.2 Å². The van der Waals surface area contributed by atoms with Crippen molar-refractivity contribution in [2.24, 2.45) is 0 Å². The summed E-state index contributed by atoms with van der Waals surface area (Å²) in [5.74, 6) is 0.890. The van der Waals surface area contributed by atoms with Crippen LogP contribution in [0.4, 0.5) is 10.1 Å². The summed E-state index contributed by atoms with van der Waals surface area (Å²) in [4.78, 5) is 14.6. The minimum Gasteiger partial charge on any atom is -0.490 e. The fraction of sp³-hybridized carbons (Fsp3) is 0.381. The highest BCUT2D eigenvalue weighted by Crippen LogP contribution is 2.37. The van der Waals surface area contributed by atoms with E-state index < -0.39 is 5.82 Å². The number of amides is 1. The van der Waals surface area contributed by atoms with Crippen molar-refractivity contribution in [1.82, 2.24) is 4.90 Å². The molecule has 148 valence electrons. The summed E-state index contributed by atoms with van der Waals surface area (Å²) < 4.78 is 24.8. The summed E-state index contributed by atoms with van der Waals surface area (Å²) in [5, 5.41) is 2.78. The topological polar surface area (TPSA) is 50.8 Å². The van der Waals surface area contributed by atoms with Crippen LogP contribution in [0.15, 0.2) is 36.4 Å². The Hall–Kier alpha value is -2.31. The Morgan fingerprint density at radius 3 is 2.79 bits per heavy atom. The van der Waals surface area contributed by atoms with Crippen LogP contribution in [0.25, 0.3) is 0 Å². The van der Waals surface area contributed by atoms with E-state index in [1.165, 1.54) is 18.2 Å². The fourth-order valence-electron chi connectivity index (χ4n) is 3.74. The molecule has 7 heteroatoms. The van der Waals surface area contributed by atoms with Crippen LogP contribution in [-0.2, 0) is 4.79 Å². The quantitative estimate of drug-likeness (QED) is 0.819. The molecule has 1 atom stereocenters. The number of hydrogen-bond acceptors (Lipinski definition) is 4. The van der Waals surface area contributed by atoms with Gasteiger partial charge in [-0.3, -0.25) is 9.69 Å². The van der Waals surface area contributed by atoms with Gasteiger partial charge in [0, 0.05) is 18.2 Å². The first-order chi connectivity index (χ1) is 13.6. The molecule has 1 N–H and O–H groups in total. The molecule has 2 heterocycles. The third kappa shape index (κ3) is 4.23. The van der Waals surface area contributed by atoms with Crippen LogP contribution in [0.3, 0.4) is 0 Å². The molecule has 0 saturated carbocycles. The number of fused-ring (bicyclic) bond motifs is 1. The number of halogens is 2. The maximum atomic E-state index is 13.3. The van der Waals surface area contributed by atoms with Crippen molar-refractivity contribution in [3.63, 3.8) is 0 Å². The zero-order chi connectivity index (χ0) is 19.5. The van der Waals surface area contributed by atoms with Crippen LogP contribution in [0.5, 0.6) is 11.5 Å². The molecular weight excluding hydrogens is 383 g/mol. The second-order valence-electron chi connectivity index (χ2n) is 7.06. The number of carbonyl (C=O) groups excluding carboxylic acids is 1. The van der Waals surface area contributed by atoms with E-state index in [1.807, 2.05) is 18.2 Å². The Morgan fingerprint density at radius 2 is 1.96 bits per heavy atom. The molecule has 2 aromatic carbocycles. The molecule has 2 aliphatic rings. The van der Waals surface area contributed by atoms with Crippen LogP contribution < -0.4 is 14.8 Å². The maximum Gasteiger partial charge on any atom is 0.238 e. The standard InChI is InChI=1S/C21H22ClFN2O3/c22-16-12-15(5-6-17(16)23)24-21(26)13-25-8-1-3-18(25)14-4-7-19-20(11-14)28-10-2-9-27-19/h4-7,11-12,18H,1-3,8-10,13H2,(H,24,26). The van der Waals surface area contributed by atoms with Gasteiger partial charge in [0.25, 0.3) is 0 Å². The molecule has 2 aromatic rings. The van der Waals surface area contributed by atoms with Crippen molar-refractivity contribution in [3.05, 3.63) is 52.8 Å². The zero-order valence-corrected chi connectivity index (χ0v) is 16.2. The zero-order valence-electron chi connectivity index (χ0n) is 15.4. The van der Waals surface area contributed by atoms with E-state index in [-0.39, 0.29) is 23.5 Å². The molecule has 1 fully saturated rings. The molecule has 1 saturated heterocycles. The van der Waals surface area contributed by atoms with Crippen LogP contribution >= 0.6 is 11.6 Å². The molecule has 28 heavy (non-hydrogen) atoms. The van der Waals surface area contributed by atoms with E-state index in [0.29, 0.717) is 18.9 Å². The lowest BCUT2D eigenvalue weighted by Gasteiger charge is -2.25. The predicted molar refractivity (Wildman–Crippen MR) is 106 cm³/mol. The smallest absolute Gasteiger partial charge is 0.238 e. The lowest BCUT2D eigenvalue weighted by Crippen LogP contribution is -2.33. The third-order valence-electron chi connectivity index (χ3n) is 5.07. The van der Waals surface area contributed by atoms with Gasteiger partial charge >= 0.3 is 0 Å². The van der Waals surface area contributed by atoms with Crippen LogP contribution in [0.1, 0.15) is 30.9 Å². The van der Waals surface area contributed by atoms with Crippen molar-refractivity contribution < 1.29 is 18.7 Å². The van der Waals surface area contributed by atoms with E-state index in [9.17, 15) is 9.18 Å². The Morgan fingerprint density at radius 1 is 1.14 bits per heavy atom. The van der Waals surface area contributed by atoms with Gasteiger partial charge in [-0.15, -0.1) is 0 Å². The molecule has 1 unspecified atom stereocenters.